The van der Waals surface area contributed by atoms with Crippen molar-refractivity contribution in [1.29, 1.82) is 0 Å². The smallest absolute Gasteiger partial charge is 0.226 e. The van der Waals surface area contributed by atoms with Gasteiger partial charge in [0.2, 0.25) is 5.91 Å². The Morgan fingerprint density at radius 2 is 2.11 bits per heavy atom. The number of anilines is 1. The predicted octanol–water partition coefficient (Wildman–Crippen LogP) is 0.799. The molecule has 0 aliphatic heterocycles. The minimum absolute atomic E-state index is 0.000521. The molecule has 2 aromatic rings. The summed E-state index contributed by atoms with van der Waals surface area (Å²) in [5, 5.41) is 15.6. The number of aliphatic hydroxyl groups is 1. The number of aromatic nitrogens is 3. The summed E-state index contributed by atoms with van der Waals surface area (Å²) in [6.45, 7) is 0.501. The summed E-state index contributed by atoms with van der Waals surface area (Å²) >= 11 is 0. The molecule has 0 unspecified atom stereocenters. The van der Waals surface area contributed by atoms with Crippen LogP contribution in [0.5, 0.6) is 0 Å². The third kappa shape index (κ3) is 3.39. The lowest BCUT2D eigenvalue weighted by molar-refractivity contribution is -0.116. The van der Waals surface area contributed by atoms with Gasteiger partial charge in [-0.15, -0.1) is 0 Å². The van der Waals surface area contributed by atoms with Gasteiger partial charge in [-0.05, 0) is 17.7 Å². The highest BCUT2D eigenvalue weighted by Gasteiger charge is 2.03. The van der Waals surface area contributed by atoms with E-state index in [0.29, 0.717) is 13.0 Å². The van der Waals surface area contributed by atoms with Crippen LogP contribution in [0.15, 0.2) is 36.9 Å². The van der Waals surface area contributed by atoms with Gasteiger partial charge in [0.15, 0.2) is 0 Å². The largest absolute Gasteiger partial charge is 0.392 e. The Bertz CT molecular complexity index is 493. The van der Waals surface area contributed by atoms with Gasteiger partial charge in [-0.25, -0.2) is 4.98 Å². The molecule has 1 heterocycles. The second-order valence-electron chi connectivity index (χ2n) is 3.81. The summed E-state index contributed by atoms with van der Waals surface area (Å²) in [4.78, 5) is 15.4. The van der Waals surface area contributed by atoms with E-state index in [2.05, 4.69) is 15.4 Å². The number of hydrogen-bond donors (Lipinski definition) is 2. The first-order valence-corrected chi connectivity index (χ1v) is 5.60. The van der Waals surface area contributed by atoms with Gasteiger partial charge in [0.25, 0.3) is 0 Å². The van der Waals surface area contributed by atoms with Crippen LogP contribution in [-0.4, -0.2) is 25.8 Å². The zero-order valence-electron chi connectivity index (χ0n) is 9.78. The molecule has 0 saturated heterocycles. The summed E-state index contributed by atoms with van der Waals surface area (Å²) < 4.78 is 1.61. The van der Waals surface area contributed by atoms with Crippen molar-refractivity contribution in [3.05, 3.63) is 42.5 Å². The van der Waals surface area contributed by atoms with Crippen molar-refractivity contribution in [3.8, 4) is 0 Å². The first-order valence-electron chi connectivity index (χ1n) is 5.60. The molecular weight excluding hydrogens is 232 g/mol. The Hall–Kier alpha value is -2.21. The van der Waals surface area contributed by atoms with Crippen LogP contribution in [0.4, 0.5) is 5.69 Å². The van der Waals surface area contributed by atoms with E-state index in [0.717, 1.165) is 11.3 Å². The molecule has 6 nitrogen and oxygen atoms in total. The van der Waals surface area contributed by atoms with E-state index in [9.17, 15) is 4.79 Å². The molecular formula is C12H14N4O2. The molecule has 0 atom stereocenters. The standard InChI is InChI=1S/C12H14N4O2/c17-7-10-1-3-11(4-2-10)15-12(18)5-6-16-9-13-8-14-16/h1-4,8-9,17H,5-7H2,(H,15,18). The normalized spacial score (nSPS) is 10.3. The maximum absolute atomic E-state index is 11.6. The number of benzene rings is 1. The van der Waals surface area contributed by atoms with Crippen LogP contribution in [0.3, 0.4) is 0 Å². The highest BCUT2D eigenvalue weighted by Crippen LogP contribution is 2.09. The lowest BCUT2D eigenvalue weighted by Gasteiger charge is -2.05. The summed E-state index contributed by atoms with van der Waals surface area (Å²) in [5.41, 5.74) is 1.53. The molecule has 0 bridgehead atoms. The molecule has 0 saturated carbocycles. The molecule has 2 N–H and O–H groups in total. The molecule has 2 rings (SSSR count). The van der Waals surface area contributed by atoms with Gasteiger partial charge in [-0.3, -0.25) is 9.48 Å². The van der Waals surface area contributed by atoms with Crippen molar-refractivity contribution in [3.63, 3.8) is 0 Å². The fraction of sp³-hybridized carbons (Fsp3) is 0.250. The summed E-state index contributed by atoms with van der Waals surface area (Å²) in [6.07, 6.45) is 3.35. The van der Waals surface area contributed by atoms with Gasteiger partial charge < -0.3 is 10.4 Å². The van der Waals surface area contributed by atoms with Crippen LogP contribution < -0.4 is 5.32 Å². The van der Waals surface area contributed by atoms with Crippen molar-refractivity contribution in [1.82, 2.24) is 14.8 Å². The van der Waals surface area contributed by atoms with Crippen LogP contribution in [0.2, 0.25) is 0 Å². The molecule has 1 aromatic heterocycles. The maximum Gasteiger partial charge on any atom is 0.226 e. The molecule has 0 spiro atoms. The number of nitrogens with one attached hydrogen (secondary N) is 1. The first kappa shape index (κ1) is 12.3. The third-order valence-electron chi connectivity index (χ3n) is 2.45. The molecule has 0 aliphatic rings. The van der Waals surface area contributed by atoms with E-state index in [4.69, 9.17) is 5.11 Å². The van der Waals surface area contributed by atoms with Crippen molar-refractivity contribution in [2.24, 2.45) is 0 Å². The van der Waals surface area contributed by atoms with Crippen molar-refractivity contribution >= 4 is 11.6 Å². The van der Waals surface area contributed by atoms with E-state index >= 15 is 0 Å². The van der Waals surface area contributed by atoms with Crippen molar-refractivity contribution < 1.29 is 9.90 Å². The number of nitrogens with zero attached hydrogens (tertiary/aromatic N) is 3. The lowest BCUT2D eigenvalue weighted by Crippen LogP contribution is -2.14. The quantitative estimate of drug-likeness (QED) is 0.817. The van der Waals surface area contributed by atoms with Crippen molar-refractivity contribution in [2.75, 3.05) is 5.32 Å². The summed E-state index contributed by atoms with van der Waals surface area (Å²) in [7, 11) is 0. The monoisotopic (exact) mass is 246 g/mol. The summed E-state index contributed by atoms with van der Waals surface area (Å²) in [6, 6.07) is 7.07. The maximum atomic E-state index is 11.6. The van der Waals surface area contributed by atoms with Crippen LogP contribution in [0.1, 0.15) is 12.0 Å². The van der Waals surface area contributed by atoms with E-state index in [1.165, 1.54) is 6.33 Å². The third-order valence-corrected chi connectivity index (χ3v) is 2.45. The van der Waals surface area contributed by atoms with Crippen LogP contribution in [0, 0.1) is 0 Å². The SMILES string of the molecule is O=C(CCn1cncn1)Nc1ccc(CO)cc1. The minimum atomic E-state index is -0.0813. The van der Waals surface area contributed by atoms with E-state index in [1.54, 1.807) is 35.3 Å². The second-order valence-corrected chi connectivity index (χ2v) is 3.81. The first-order chi connectivity index (χ1) is 8.78. The Labute approximate surface area is 104 Å². The van der Waals surface area contributed by atoms with Gasteiger partial charge in [0.05, 0.1) is 13.2 Å². The molecule has 1 aromatic carbocycles. The Kier molecular flexibility index (Phi) is 4.03. The van der Waals surface area contributed by atoms with Gasteiger partial charge in [-0.2, -0.15) is 5.10 Å². The number of carbonyl (C=O) groups excluding carboxylic acids is 1. The average molecular weight is 246 g/mol. The zero-order chi connectivity index (χ0) is 12.8. The highest BCUT2D eigenvalue weighted by molar-refractivity contribution is 5.90. The van der Waals surface area contributed by atoms with Gasteiger partial charge >= 0.3 is 0 Å². The average Bonchev–Trinajstić information content (AvgIpc) is 2.90. The molecule has 94 valence electrons. The molecule has 6 heteroatoms. The molecule has 0 aliphatic carbocycles. The van der Waals surface area contributed by atoms with Crippen molar-refractivity contribution in [2.45, 2.75) is 19.6 Å². The number of rotatable bonds is 5. The van der Waals surface area contributed by atoms with Crippen LogP contribution in [0.25, 0.3) is 0 Å². The predicted molar refractivity (Wildman–Crippen MR) is 65.6 cm³/mol. The molecule has 0 fully saturated rings. The molecule has 18 heavy (non-hydrogen) atoms. The van der Waals surface area contributed by atoms with Gasteiger partial charge in [0, 0.05) is 12.1 Å². The Morgan fingerprint density at radius 1 is 1.33 bits per heavy atom. The Morgan fingerprint density at radius 3 is 2.72 bits per heavy atom. The topological polar surface area (TPSA) is 80.0 Å². The number of aryl methyl sites for hydroxylation is 1. The number of aliphatic hydroxyl groups excluding tert-OH is 1. The minimum Gasteiger partial charge on any atom is -0.392 e. The molecule has 0 radical (unpaired) electrons. The van der Waals surface area contributed by atoms with Crippen LogP contribution >= 0.6 is 0 Å². The van der Waals surface area contributed by atoms with E-state index in [-0.39, 0.29) is 12.5 Å². The lowest BCUT2D eigenvalue weighted by atomic mass is 10.2. The van der Waals surface area contributed by atoms with Gasteiger partial charge in [0.1, 0.15) is 12.7 Å². The Balaban J connectivity index is 1.83. The number of carbonyl (C=O) groups is 1. The highest BCUT2D eigenvalue weighted by atomic mass is 16.3. The summed E-state index contributed by atoms with van der Waals surface area (Å²) in [5.74, 6) is -0.0813. The molecule has 1 amide bonds. The van der Waals surface area contributed by atoms with Crippen LogP contribution in [-0.2, 0) is 17.9 Å². The van der Waals surface area contributed by atoms with Gasteiger partial charge in [-0.1, -0.05) is 12.1 Å². The fourth-order valence-corrected chi connectivity index (χ4v) is 1.48. The van der Waals surface area contributed by atoms with E-state index < -0.39 is 0 Å². The number of hydrogen-bond acceptors (Lipinski definition) is 4. The zero-order valence-corrected chi connectivity index (χ0v) is 9.78. The van der Waals surface area contributed by atoms with E-state index in [1.807, 2.05) is 0 Å². The number of amides is 1. The second kappa shape index (κ2) is 5.92. The fourth-order valence-electron chi connectivity index (χ4n) is 1.48.